The zero-order valence-corrected chi connectivity index (χ0v) is 24.1. The highest BCUT2D eigenvalue weighted by atomic mass is 16.5. The number of amides is 3. The van der Waals surface area contributed by atoms with Crippen molar-refractivity contribution in [3.8, 4) is 5.75 Å². The van der Waals surface area contributed by atoms with Gasteiger partial charge in [0.1, 0.15) is 30.1 Å². The third-order valence-corrected chi connectivity index (χ3v) is 7.83. The first-order chi connectivity index (χ1) is 21.2. The van der Waals surface area contributed by atoms with Gasteiger partial charge in [-0.2, -0.15) is 14.6 Å². The van der Waals surface area contributed by atoms with Gasteiger partial charge in [-0.25, -0.2) is 9.78 Å². The van der Waals surface area contributed by atoms with E-state index in [9.17, 15) is 19.2 Å². The Labute approximate surface area is 251 Å². The number of rotatable bonds is 8. The largest absolute Gasteiger partial charge is 0.482 e. The average molecular weight is 596 g/mol. The molecule has 2 N–H and O–H groups in total. The molecule has 1 atom stereocenters. The summed E-state index contributed by atoms with van der Waals surface area (Å²) in [5, 5.41) is 9.98. The number of benzene rings is 2. The fraction of sp³-hybridized carbons (Fsp3) is 0.258. The maximum absolute atomic E-state index is 13.6. The Morgan fingerprint density at radius 2 is 2.02 bits per heavy atom. The normalized spacial score (nSPS) is 15.3. The molecule has 224 valence electrons. The van der Waals surface area contributed by atoms with Crippen LogP contribution in [0, 0.1) is 6.92 Å². The summed E-state index contributed by atoms with van der Waals surface area (Å²) in [6.07, 6.45) is 4.09. The Hall–Kier alpha value is -5.59. The Kier molecular flexibility index (Phi) is 7.51. The summed E-state index contributed by atoms with van der Waals surface area (Å²) in [6, 6.07) is 9.93. The van der Waals surface area contributed by atoms with Crippen molar-refractivity contribution >= 4 is 35.2 Å². The van der Waals surface area contributed by atoms with Crippen LogP contribution in [0.3, 0.4) is 0 Å². The van der Waals surface area contributed by atoms with Crippen molar-refractivity contribution in [2.24, 2.45) is 0 Å². The molecule has 0 unspecified atom stereocenters. The zero-order valence-electron chi connectivity index (χ0n) is 24.1. The fourth-order valence-corrected chi connectivity index (χ4v) is 5.49. The Balaban J connectivity index is 1.19. The molecular weight excluding hydrogens is 566 g/mol. The number of ether oxygens (including phenoxy) is 2. The zero-order chi connectivity index (χ0) is 31.0. The minimum absolute atomic E-state index is 0.00501. The minimum Gasteiger partial charge on any atom is -0.482 e. The first-order valence-corrected chi connectivity index (χ1v) is 14.0. The summed E-state index contributed by atoms with van der Waals surface area (Å²) in [5.41, 5.74) is 4.66. The fourth-order valence-electron chi connectivity index (χ4n) is 5.49. The van der Waals surface area contributed by atoms with E-state index in [0.717, 1.165) is 22.3 Å². The van der Waals surface area contributed by atoms with Crippen molar-refractivity contribution < 1.29 is 28.7 Å². The van der Waals surface area contributed by atoms with E-state index in [4.69, 9.17) is 9.47 Å². The van der Waals surface area contributed by atoms with Gasteiger partial charge in [0.05, 0.1) is 17.3 Å². The van der Waals surface area contributed by atoms with Crippen LogP contribution >= 0.6 is 0 Å². The highest BCUT2D eigenvalue weighted by molar-refractivity contribution is 5.99. The van der Waals surface area contributed by atoms with Crippen molar-refractivity contribution in [3.05, 3.63) is 94.6 Å². The molecule has 0 fully saturated rings. The van der Waals surface area contributed by atoms with E-state index in [1.165, 1.54) is 27.9 Å². The van der Waals surface area contributed by atoms with Crippen molar-refractivity contribution in [1.82, 2.24) is 30.2 Å². The summed E-state index contributed by atoms with van der Waals surface area (Å²) < 4.78 is 11.9. The predicted molar refractivity (Wildman–Crippen MR) is 157 cm³/mol. The highest BCUT2D eigenvalue weighted by Crippen LogP contribution is 2.35. The van der Waals surface area contributed by atoms with Crippen molar-refractivity contribution in [2.45, 2.75) is 32.4 Å². The Morgan fingerprint density at radius 3 is 2.84 bits per heavy atom. The van der Waals surface area contributed by atoms with E-state index >= 15 is 0 Å². The number of carbonyl (C=O) groups excluding carboxylic acids is 4. The number of carbonyl (C=O) groups is 4. The maximum atomic E-state index is 13.6. The number of esters is 1. The van der Waals surface area contributed by atoms with Gasteiger partial charge in [0.2, 0.25) is 0 Å². The topological polar surface area (TPSA) is 157 Å². The molecule has 6 rings (SSSR count). The van der Waals surface area contributed by atoms with Gasteiger partial charge in [-0.1, -0.05) is 24.8 Å². The van der Waals surface area contributed by atoms with E-state index < -0.39 is 17.8 Å². The van der Waals surface area contributed by atoms with Crippen LogP contribution in [0.4, 0.5) is 5.69 Å². The molecular formula is C31H29N7O6. The Morgan fingerprint density at radius 1 is 1.18 bits per heavy atom. The molecule has 0 saturated heterocycles. The summed E-state index contributed by atoms with van der Waals surface area (Å²) >= 11 is 0. The van der Waals surface area contributed by atoms with Crippen LogP contribution in [-0.4, -0.2) is 63.5 Å². The Bertz CT molecular complexity index is 1850. The molecule has 0 bridgehead atoms. The van der Waals surface area contributed by atoms with Crippen molar-refractivity contribution in [2.75, 3.05) is 25.2 Å². The van der Waals surface area contributed by atoms with E-state index in [1.54, 1.807) is 31.3 Å². The molecule has 13 nitrogen and oxygen atoms in total. The van der Waals surface area contributed by atoms with E-state index in [1.807, 2.05) is 13.0 Å². The summed E-state index contributed by atoms with van der Waals surface area (Å²) in [5.74, 6) is -0.871. The smallest absolute Gasteiger partial charge is 0.338 e. The van der Waals surface area contributed by atoms with Gasteiger partial charge in [0.15, 0.2) is 6.61 Å². The molecule has 44 heavy (non-hydrogen) atoms. The molecule has 0 saturated carbocycles. The lowest BCUT2D eigenvalue weighted by Gasteiger charge is -2.26. The second-order valence-electron chi connectivity index (χ2n) is 10.5. The first kappa shape index (κ1) is 28.5. The van der Waals surface area contributed by atoms with Gasteiger partial charge in [0.25, 0.3) is 23.5 Å². The second-order valence-corrected chi connectivity index (χ2v) is 10.5. The molecule has 2 aromatic heterocycles. The third-order valence-electron chi connectivity index (χ3n) is 7.83. The van der Waals surface area contributed by atoms with Gasteiger partial charge >= 0.3 is 5.97 Å². The van der Waals surface area contributed by atoms with Crippen LogP contribution in [0.15, 0.2) is 55.4 Å². The molecule has 0 radical (unpaired) electrons. The summed E-state index contributed by atoms with van der Waals surface area (Å²) in [4.78, 5) is 61.1. The van der Waals surface area contributed by atoms with E-state index in [2.05, 4.69) is 32.3 Å². The highest BCUT2D eigenvalue weighted by Gasteiger charge is 2.29. The number of nitrogens with zero attached hydrogens (tertiary/aromatic N) is 5. The average Bonchev–Trinajstić information content (AvgIpc) is 3.68. The molecule has 2 aliphatic rings. The molecule has 1 aliphatic carbocycles. The predicted octanol–water partition coefficient (Wildman–Crippen LogP) is 2.48. The van der Waals surface area contributed by atoms with Crippen molar-refractivity contribution in [1.29, 1.82) is 0 Å². The molecule has 4 aromatic rings. The number of hydrogen-bond acceptors (Lipinski definition) is 9. The molecule has 2 aromatic carbocycles. The standard InChI is InChI=1S/C31H29N7O6/c1-4-11-43-30(42)20-6-7-21-19(17(20)2)8-9-22(21)35-29(41)25-13-23(36-31-33-16-34-38(25)31)28(40)32-14-18-5-10-26-24(12-18)37(3)27(39)15-44-26/h4-7,10,12-13,16,22H,1,8-9,11,14-15H2,2-3H3,(H,32,40)(H,35,41)/t22-/m0/s1. The lowest BCUT2D eigenvalue weighted by Crippen LogP contribution is -2.35. The minimum atomic E-state index is -0.513. The number of hydrogen-bond donors (Lipinski definition) is 2. The van der Waals surface area contributed by atoms with Gasteiger partial charge < -0.3 is 25.0 Å². The van der Waals surface area contributed by atoms with Crippen LogP contribution in [0.5, 0.6) is 5.75 Å². The van der Waals surface area contributed by atoms with Gasteiger partial charge in [-0.05, 0) is 60.2 Å². The number of fused-ring (bicyclic) bond motifs is 3. The molecule has 3 amide bonds. The van der Waals surface area contributed by atoms with Crippen LogP contribution in [-0.2, 0) is 22.5 Å². The SMILES string of the molecule is C=CCOC(=O)c1ccc2c(c1C)CC[C@@H]2NC(=O)c1cc(C(=O)NCc2ccc3c(c2)N(C)C(=O)CO3)nc2ncnn12. The van der Waals surface area contributed by atoms with Crippen LogP contribution in [0.25, 0.3) is 5.78 Å². The summed E-state index contributed by atoms with van der Waals surface area (Å²) in [6.45, 7) is 5.69. The van der Waals surface area contributed by atoms with Gasteiger partial charge in [-0.3, -0.25) is 14.4 Å². The van der Waals surface area contributed by atoms with Crippen LogP contribution < -0.4 is 20.3 Å². The van der Waals surface area contributed by atoms with Crippen LogP contribution in [0.1, 0.15) is 66.1 Å². The quantitative estimate of drug-likeness (QED) is 0.231. The van der Waals surface area contributed by atoms with Crippen molar-refractivity contribution in [3.63, 3.8) is 0 Å². The molecule has 3 heterocycles. The number of nitrogens with one attached hydrogen (secondary N) is 2. The maximum Gasteiger partial charge on any atom is 0.338 e. The van der Waals surface area contributed by atoms with E-state index in [0.29, 0.717) is 29.8 Å². The lowest BCUT2D eigenvalue weighted by molar-refractivity contribution is -0.121. The lowest BCUT2D eigenvalue weighted by atomic mass is 9.98. The van der Waals surface area contributed by atoms with Gasteiger partial charge in [-0.15, -0.1) is 0 Å². The monoisotopic (exact) mass is 595 g/mol. The third kappa shape index (κ3) is 5.23. The van der Waals surface area contributed by atoms with E-state index in [-0.39, 0.29) is 48.9 Å². The number of likely N-dealkylation sites (N-methyl/N-ethyl adjacent to an activating group) is 1. The second kappa shape index (κ2) is 11.6. The first-order valence-electron chi connectivity index (χ1n) is 14.0. The summed E-state index contributed by atoms with van der Waals surface area (Å²) in [7, 11) is 1.67. The molecule has 13 heteroatoms. The van der Waals surface area contributed by atoms with Crippen LogP contribution in [0.2, 0.25) is 0 Å². The molecule has 0 spiro atoms. The number of aromatic nitrogens is 4. The number of anilines is 1. The van der Waals surface area contributed by atoms with Gasteiger partial charge in [0, 0.05) is 19.7 Å². The molecule has 1 aliphatic heterocycles.